The Morgan fingerprint density at radius 2 is 2.12 bits per heavy atom. The summed E-state index contributed by atoms with van der Waals surface area (Å²) in [6, 6.07) is 7.79. The molecule has 3 heteroatoms. The predicted molar refractivity (Wildman–Crippen MR) is 65.3 cm³/mol. The van der Waals surface area contributed by atoms with E-state index in [9.17, 15) is 4.79 Å². The van der Waals surface area contributed by atoms with Crippen LogP contribution in [-0.2, 0) is 11.2 Å². The zero-order valence-electron chi connectivity index (χ0n) is 9.89. The van der Waals surface area contributed by atoms with E-state index in [1.54, 1.807) is 0 Å². The standard InChI is InChI=1S/C14H18O3/c15-14(16)9-8-11-4-3-7-13(10-11)17-12-5-1-2-6-12/h3-4,7,10,12H,1-2,5-6,8-9H2,(H,15,16). The SMILES string of the molecule is O=C(O)CCc1cccc(OC2CCCC2)c1. The van der Waals surface area contributed by atoms with Crippen molar-refractivity contribution >= 4 is 5.97 Å². The average Bonchev–Trinajstić information content (AvgIpc) is 2.80. The lowest BCUT2D eigenvalue weighted by Crippen LogP contribution is -2.10. The van der Waals surface area contributed by atoms with Crippen molar-refractivity contribution in [2.45, 2.75) is 44.6 Å². The molecule has 0 heterocycles. The monoisotopic (exact) mass is 234 g/mol. The van der Waals surface area contributed by atoms with Gasteiger partial charge in [0, 0.05) is 6.42 Å². The van der Waals surface area contributed by atoms with E-state index in [0.717, 1.165) is 24.2 Å². The summed E-state index contributed by atoms with van der Waals surface area (Å²) in [6.45, 7) is 0. The molecule has 0 radical (unpaired) electrons. The molecule has 0 aliphatic heterocycles. The van der Waals surface area contributed by atoms with E-state index >= 15 is 0 Å². The van der Waals surface area contributed by atoms with Gasteiger partial charge in [0.1, 0.15) is 5.75 Å². The molecule has 1 saturated carbocycles. The Balaban J connectivity index is 1.93. The zero-order valence-corrected chi connectivity index (χ0v) is 9.89. The largest absolute Gasteiger partial charge is 0.490 e. The van der Waals surface area contributed by atoms with Crippen LogP contribution in [0.3, 0.4) is 0 Å². The second-order valence-corrected chi connectivity index (χ2v) is 4.57. The molecule has 1 N–H and O–H groups in total. The Morgan fingerprint density at radius 1 is 1.35 bits per heavy atom. The van der Waals surface area contributed by atoms with E-state index in [4.69, 9.17) is 9.84 Å². The van der Waals surface area contributed by atoms with Gasteiger partial charge in [-0.15, -0.1) is 0 Å². The van der Waals surface area contributed by atoms with Crippen molar-refractivity contribution in [1.82, 2.24) is 0 Å². The van der Waals surface area contributed by atoms with Gasteiger partial charge in [-0.1, -0.05) is 12.1 Å². The van der Waals surface area contributed by atoms with Crippen LogP contribution in [0, 0.1) is 0 Å². The van der Waals surface area contributed by atoms with E-state index < -0.39 is 5.97 Å². The fraction of sp³-hybridized carbons (Fsp3) is 0.500. The number of rotatable bonds is 5. The molecule has 0 atom stereocenters. The molecule has 0 bridgehead atoms. The highest BCUT2D eigenvalue weighted by atomic mass is 16.5. The minimum Gasteiger partial charge on any atom is -0.490 e. The van der Waals surface area contributed by atoms with Crippen molar-refractivity contribution in [2.75, 3.05) is 0 Å². The first-order valence-electron chi connectivity index (χ1n) is 6.21. The van der Waals surface area contributed by atoms with Gasteiger partial charge in [0.15, 0.2) is 0 Å². The molecule has 0 amide bonds. The topological polar surface area (TPSA) is 46.5 Å². The molecule has 1 aromatic carbocycles. The zero-order chi connectivity index (χ0) is 12.1. The number of carboxylic acid groups (broad SMARTS) is 1. The molecule has 1 aliphatic carbocycles. The molecule has 0 aromatic heterocycles. The van der Waals surface area contributed by atoms with Crippen LogP contribution in [0.25, 0.3) is 0 Å². The normalized spacial score (nSPS) is 16.0. The number of hydrogen-bond donors (Lipinski definition) is 1. The van der Waals surface area contributed by atoms with Crippen LogP contribution < -0.4 is 4.74 Å². The van der Waals surface area contributed by atoms with Gasteiger partial charge in [0.2, 0.25) is 0 Å². The molecule has 1 aliphatic rings. The number of ether oxygens (including phenoxy) is 1. The van der Waals surface area contributed by atoms with Gasteiger partial charge >= 0.3 is 5.97 Å². The van der Waals surface area contributed by atoms with Crippen molar-refractivity contribution in [2.24, 2.45) is 0 Å². The molecular weight excluding hydrogens is 216 g/mol. The lowest BCUT2D eigenvalue weighted by molar-refractivity contribution is -0.136. The highest BCUT2D eigenvalue weighted by molar-refractivity contribution is 5.67. The molecule has 17 heavy (non-hydrogen) atoms. The minimum atomic E-state index is -0.757. The summed E-state index contributed by atoms with van der Waals surface area (Å²) in [5, 5.41) is 8.64. The molecule has 1 aromatic rings. The van der Waals surface area contributed by atoms with Crippen LogP contribution in [0.15, 0.2) is 24.3 Å². The van der Waals surface area contributed by atoms with E-state index in [1.807, 2.05) is 24.3 Å². The Bertz CT molecular complexity index is 381. The van der Waals surface area contributed by atoms with E-state index in [-0.39, 0.29) is 6.42 Å². The van der Waals surface area contributed by atoms with Gasteiger partial charge < -0.3 is 9.84 Å². The number of carboxylic acids is 1. The molecule has 3 nitrogen and oxygen atoms in total. The molecular formula is C14H18O3. The highest BCUT2D eigenvalue weighted by Crippen LogP contribution is 2.24. The van der Waals surface area contributed by atoms with Gasteiger partial charge in [-0.05, 0) is 49.8 Å². The number of aryl methyl sites for hydroxylation is 1. The maximum Gasteiger partial charge on any atom is 0.303 e. The third-order valence-electron chi connectivity index (χ3n) is 3.13. The molecule has 2 rings (SSSR count). The number of carbonyl (C=O) groups is 1. The molecule has 0 spiro atoms. The van der Waals surface area contributed by atoms with Gasteiger partial charge in [0.05, 0.1) is 6.10 Å². The number of hydrogen-bond acceptors (Lipinski definition) is 2. The quantitative estimate of drug-likeness (QED) is 0.851. The third-order valence-corrected chi connectivity index (χ3v) is 3.13. The van der Waals surface area contributed by atoms with Gasteiger partial charge in [-0.2, -0.15) is 0 Å². The van der Waals surface area contributed by atoms with Gasteiger partial charge in [-0.3, -0.25) is 4.79 Å². The number of benzene rings is 1. The van der Waals surface area contributed by atoms with Crippen LogP contribution in [0.1, 0.15) is 37.7 Å². The van der Waals surface area contributed by atoms with Crippen LogP contribution in [0.5, 0.6) is 5.75 Å². The van der Waals surface area contributed by atoms with Gasteiger partial charge in [0.25, 0.3) is 0 Å². The Kier molecular flexibility index (Phi) is 4.02. The fourth-order valence-corrected chi connectivity index (χ4v) is 2.22. The molecule has 1 fully saturated rings. The second kappa shape index (κ2) is 5.71. The lowest BCUT2D eigenvalue weighted by atomic mass is 10.1. The Hall–Kier alpha value is -1.51. The summed E-state index contributed by atoms with van der Waals surface area (Å²) in [5.74, 6) is 0.118. The van der Waals surface area contributed by atoms with Crippen molar-refractivity contribution in [3.8, 4) is 5.75 Å². The summed E-state index contributed by atoms with van der Waals surface area (Å²) < 4.78 is 5.88. The van der Waals surface area contributed by atoms with E-state index in [1.165, 1.54) is 12.8 Å². The summed E-state index contributed by atoms with van der Waals surface area (Å²) in [7, 11) is 0. The minimum absolute atomic E-state index is 0.173. The predicted octanol–water partition coefficient (Wildman–Crippen LogP) is 3.03. The Morgan fingerprint density at radius 3 is 2.82 bits per heavy atom. The maximum absolute atomic E-state index is 10.5. The summed E-state index contributed by atoms with van der Waals surface area (Å²) in [6.07, 6.45) is 5.87. The van der Waals surface area contributed by atoms with Crippen molar-refractivity contribution in [3.63, 3.8) is 0 Å². The van der Waals surface area contributed by atoms with E-state index in [0.29, 0.717) is 12.5 Å². The van der Waals surface area contributed by atoms with Crippen molar-refractivity contribution < 1.29 is 14.6 Å². The van der Waals surface area contributed by atoms with Gasteiger partial charge in [-0.25, -0.2) is 0 Å². The molecule has 0 unspecified atom stereocenters. The highest BCUT2D eigenvalue weighted by Gasteiger charge is 2.16. The first-order chi connectivity index (χ1) is 8.24. The first-order valence-corrected chi connectivity index (χ1v) is 6.21. The average molecular weight is 234 g/mol. The van der Waals surface area contributed by atoms with Crippen LogP contribution in [-0.4, -0.2) is 17.2 Å². The lowest BCUT2D eigenvalue weighted by Gasteiger charge is -2.13. The smallest absolute Gasteiger partial charge is 0.303 e. The molecule has 0 saturated heterocycles. The Labute approximate surface area is 101 Å². The summed E-state index contributed by atoms with van der Waals surface area (Å²) in [5.41, 5.74) is 1.03. The summed E-state index contributed by atoms with van der Waals surface area (Å²) in [4.78, 5) is 10.5. The summed E-state index contributed by atoms with van der Waals surface area (Å²) >= 11 is 0. The van der Waals surface area contributed by atoms with Crippen molar-refractivity contribution in [1.29, 1.82) is 0 Å². The maximum atomic E-state index is 10.5. The third kappa shape index (κ3) is 3.77. The first kappa shape index (κ1) is 12.0. The number of aliphatic carboxylic acids is 1. The van der Waals surface area contributed by atoms with Crippen LogP contribution >= 0.6 is 0 Å². The van der Waals surface area contributed by atoms with E-state index in [2.05, 4.69) is 0 Å². The van der Waals surface area contributed by atoms with Crippen LogP contribution in [0.2, 0.25) is 0 Å². The fourth-order valence-electron chi connectivity index (χ4n) is 2.22. The second-order valence-electron chi connectivity index (χ2n) is 4.57. The van der Waals surface area contributed by atoms with Crippen molar-refractivity contribution in [3.05, 3.63) is 29.8 Å². The van der Waals surface area contributed by atoms with Crippen LogP contribution in [0.4, 0.5) is 0 Å². The molecule has 92 valence electrons.